The lowest BCUT2D eigenvalue weighted by molar-refractivity contribution is 0.0319. The van der Waals surface area contributed by atoms with Gasteiger partial charge in [0.2, 0.25) is 0 Å². The lowest BCUT2D eigenvalue weighted by Crippen LogP contribution is -2.16. The average Bonchev–Trinajstić information content (AvgIpc) is 2.37. The Morgan fingerprint density at radius 1 is 1.40 bits per heavy atom. The van der Waals surface area contributed by atoms with Crippen LogP contribution in [0.15, 0.2) is 23.1 Å². The van der Waals surface area contributed by atoms with Crippen molar-refractivity contribution in [2.45, 2.75) is 37.7 Å². The third-order valence-corrected chi connectivity index (χ3v) is 4.03. The zero-order valence-corrected chi connectivity index (χ0v) is 13.1. The monoisotopic (exact) mass is 320 g/mol. The molecule has 1 aromatic carbocycles. The minimum absolute atomic E-state index is 0.0391. The van der Waals surface area contributed by atoms with E-state index in [9.17, 15) is 13.2 Å². The van der Waals surface area contributed by atoms with Crippen molar-refractivity contribution in [2.24, 2.45) is 0 Å². The second kappa shape index (κ2) is 6.95. The minimum Gasteiger partial charge on any atom is -0.496 e. The van der Waals surface area contributed by atoms with Gasteiger partial charge in [0.05, 0.1) is 18.1 Å². The van der Waals surface area contributed by atoms with Crippen molar-refractivity contribution in [3.05, 3.63) is 23.8 Å². The molecule has 0 fully saturated rings. The summed E-state index contributed by atoms with van der Waals surface area (Å²) in [5.74, 6) is -0.396. The number of halogens is 1. The summed E-state index contributed by atoms with van der Waals surface area (Å²) in [6.07, 6.45) is 1.34. The maximum atomic E-state index is 12.0. The average molecular weight is 321 g/mol. The topological polar surface area (TPSA) is 69.7 Å². The molecule has 0 heterocycles. The molecular formula is C13H17ClO5S. The first-order chi connectivity index (χ1) is 9.29. The summed E-state index contributed by atoms with van der Waals surface area (Å²) in [5.41, 5.74) is 0.0391. The van der Waals surface area contributed by atoms with E-state index in [1.54, 1.807) is 6.92 Å². The number of carbonyl (C=O) groups excluding carboxylic acids is 1. The van der Waals surface area contributed by atoms with Gasteiger partial charge in [-0.3, -0.25) is 0 Å². The fraction of sp³-hybridized carbons (Fsp3) is 0.462. The first-order valence-electron chi connectivity index (χ1n) is 6.13. The number of hydrogen-bond donors (Lipinski definition) is 0. The highest BCUT2D eigenvalue weighted by Crippen LogP contribution is 2.25. The number of ether oxygens (including phenoxy) is 2. The predicted molar refractivity (Wildman–Crippen MR) is 75.8 cm³/mol. The molecule has 0 radical (unpaired) electrons. The fourth-order valence-corrected chi connectivity index (χ4v) is 2.49. The molecule has 1 unspecified atom stereocenters. The van der Waals surface area contributed by atoms with Crippen LogP contribution in [0.3, 0.4) is 0 Å². The summed E-state index contributed by atoms with van der Waals surface area (Å²) < 4.78 is 32.9. The van der Waals surface area contributed by atoms with Crippen molar-refractivity contribution in [3.8, 4) is 5.75 Å². The largest absolute Gasteiger partial charge is 0.496 e. The molecule has 0 aliphatic rings. The SMILES string of the molecule is CCCC(C)OC(=O)c1cc(S(=O)(=O)Cl)ccc1OC. The highest BCUT2D eigenvalue weighted by atomic mass is 35.7. The molecule has 0 saturated carbocycles. The van der Waals surface area contributed by atoms with E-state index in [-0.39, 0.29) is 22.3 Å². The van der Waals surface area contributed by atoms with Crippen molar-refractivity contribution >= 4 is 25.7 Å². The molecule has 1 aromatic rings. The van der Waals surface area contributed by atoms with E-state index in [1.165, 1.54) is 19.2 Å². The second-order valence-corrected chi connectivity index (χ2v) is 6.87. The Morgan fingerprint density at radius 2 is 2.05 bits per heavy atom. The zero-order valence-electron chi connectivity index (χ0n) is 11.6. The standard InChI is InChI=1S/C13H17ClO5S/c1-4-5-9(2)19-13(15)11-8-10(20(14,16)17)6-7-12(11)18-3/h6-9H,4-5H2,1-3H3. The number of benzene rings is 1. The summed E-state index contributed by atoms with van der Waals surface area (Å²) in [6, 6.07) is 3.80. The van der Waals surface area contributed by atoms with Crippen molar-refractivity contribution in [2.75, 3.05) is 7.11 Å². The maximum Gasteiger partial charge on any atom is 0.342 e. The van der Waals surface area contributed by atoms with Crippen LogP contribution in [0.25, 0.3) is 0 Å². The maximum absolute atomic E-state index is 12.0. The summed E-state index contributed by atoms with van der Waals surface area (Å²) in [5, 5.41) is 0. The van der Waals surface area contributed by atoms with Gasteiger partial charge in [-0.15, -0.1) is 0 Å². The van der Waals surface area contributed by atoms with E-state index in [4.69, 9.17) is 20.2 Å². The summed E-state index contributed by atoms with van der Waals surface area (Å²) in [7, 11) is 2.74. The van der Waals surface area contributed by atoms with Gasteiger partial charge in [-0.2, -0.15) is 0 Å². The molecule has 5 nitrogen and oxygen atoms in total. The quantitative estimate of drug-likeness (QED) is 0.595. The number of carbonyl (C=O) groups is 1. The molecule has 0 aliphatic heterocycles. The molecule has 0 spiro atoms. The molecule has 20 heavy (non-hydrogen) atoms. The van der Waals surface area contributed by atoms with Gasteiger partial charge >= 0.3 is 5.97 Å². The van der Waals surface area contributed by atoms with E-state index >= 15 is 0 Å². The molecule has 7 heteroatoms. The number of esters is 1. The van der Waals surface area contributed by atoms with Gasteiger partial charge in [0, 0.05) is 10.7 Å². The van der Waals surface area contributed by atoms with Crippen molar-refractivity contribution in [3.63, 3.8) is 0 Å². The fourth-order valence-electron chi connectivity index (χ4n) is 1.71. The van der Waals surface area contributed by atoms with E-state index in [0.717, 1.165) is 18.9 Å². The minimum atomic E-state index is -3.91. The molecule has 0 aromatic heterocycles. The molecule has 0 bridgehead atoms. The molecule has 112 valence electrons. The Labute approximate surface area is 123 Å². The van der Waals surface area contributed by atoms with Crippen LogP contribution in [0.5, 0.6) is 5.75 Å². The van der Waals surface area contributed by atoms with Gasteiger partial charge in [0.15, 0.2) is 0 Å². The smallest absolute Gasteiger partial charge is 0.342 e. The van der Waals surface area contributed by atoms with Gasteiger partial charge in [-0.25, -0.2) is 13.2 Å². The van der Waals surface area contributed by atoms with E-state index in [1.807, 2.05) is 6.92 Å². The third kappa shape index (κ3) is 4.38. The Kier molecular flexibility index (Phi) is 5.83. The number of methoxy groups -OCH3 is 1. The first kappa shape index (κ1) is 16.8. The lowest BCUT2D eigenvalue weighted by atomic mass is 10.2. The molecule has 0 N–H and O–H groups in total. The van der Waals surface area contributed by atoms with Gasteiger partial charge < -0.3 is 9.47 Å². The van der Waals surface area contributed by atoms with Crippen LogP contribution >= 0.6 is 10.7 Å². The van der Waals surface area contributed by atoms with Crippen LogP contribution in [0.1, 0.15) is 37.0 Å². The third-order valence-electron chi connectivity index (χ3n) is 2.68. The number of hydrogen-bond acceptors (Lipinski definition) is 5. The Balaban J connectivity index is 3.11. The van der Waals surface area contributed by atoms with E-state index in [2.05, 4.69) is 0 Å². The Bertz CT molecular complexity index is 582. The van der Waals surface area contributed by atoms with Crippen molar-refractivity contribution in [1.29, 1.82) is 0 Å². The zero-order chi connectivity index (χ0) is 15.3. The van der Waals surface area contributed by atoms with Crippen LogP contribution in [-0.2, 0) is 13.8 Å². The molecule has 1 atom stereocenters. The molecular weight excluding hydrogens is 304 g/mol. The number of rotatable bonds is 6. The van der Waals surface area contributed by atoms with Gasteiger partial charge in [-0.05, 0) is 31.5 Å². The molecule has 0 saturated heterocycles. The normalized spacial score (nSPS) is 12.8. The summed E-state index contributed by atoms with van der Waals surface area (Å²) in [4.78, 5) is 11.9. The molecule has 0 aliphatic carbocycles. The van der Waals surface area contributed by atoms with Gasteiger partial charge in [0.1, 0.15) is 11.3 Å². The predicted octanol–water partition coefficient (Wildman–Crippen LogP) is 2.97. The van der Waals surface area contributed by atoms with Crippen molar-refractivity contribution < 1.29 is 22.7 Å². The summed E-state index contributed by atoms with van der Waals surface area (Å²) >= 11 is 0. The summed E-state index contributed by atoms with van der Waals surface area (Å²) in [6.45, 7) is 3.75. The Hall–Kier alpha value is -1.27. The van der Waals surface area contributed by atoms with Crippen molar-refractivity contribution in [1.82, 2.24) is 0 Å². The first-order valence-corrected chi connectivity index (χ1v) is 8.44. The molecule has 0 amide bonds. The van der Waals surface area contributed by atoms with E-state index < -0.39 is 15.0 Å². The van der Waals surface area contributed by atoms with Crippen LogP contribution in [-0.4, -0.2) is 27.6 Å². The van der Waals surface area contributed by atoms with Crippen LogP contribution in [0.2, 0.25) is 0 Å². The van der Waals surface area contributed by atoms with Gasteiger partial charge in [-0.1, -0.05) is 13.3 Å². The Morgan fingerprint density at radius 3 is 2.55 bits per heavy atom. The highest BCUT2D eigenvalue weighted by molar-refractivity contribution is 8.13. The second-order valence-electron chi connectivity index (χ2n) is 4.30. The van der Waals surface area contributed by atoms with E-state index in [0.29, 0.717) is 0 Å². The van der Waals surface area contributed by atoms with Crippen LogP contribution in [0, 0.1) is 0 Å². The van der Waals surface area contributed by atoms with Gasteiger partial charge in [0.25, 0.3) is 9.05 Å². The molecule has 1 rings (SSSR count). The highest BCUT2D eigenvalue weighted by Gasteiger charge is 2.20. The lowest BCUT2D eigenvalue weighted by Gasteiger charge is -2.14. The van der Waals surface area contributed by atoms with Crippen LogP contribution < -0.4 is 4.74 Å². The van der Waals surface area contributed by atoms with Crippen LogP contribution in [0.4, 0.5) is 0 Å².